The van der Waals surface area contributed by atoms with Crippen molar-refractivity contribution < 1.29 is 14.5 Å². The minimum absolute atomic E-state index is 0.0932. The molecule has 0 bridgehead atoms. The molecule has 1 aliphatic heterocycles. The van der Waals surface area contributed by atoms with Crippen LogP contribution in [0.15, 0.2) is 48.5 Å². The van der Waals surface area contributed by atoms with Crippen molar-refractivity contribution in [3.05, 3.63) is 64.7 Å². The van der Waals surface area contributed by atoms with Crippen LogP contribution >= 0.6 is 11.6 Å². The third-order valence-corrected chi connectivity index (χ3v) is 5.44. The average molecular weight is 416 g/mol. The van der Waals surface area contributed by atoms with E-state index >= 15 is 0 Å². The first-order valence-electron chi connectivity index (χ1n) is 9.87. The van der Waals surface area contributed by atoms with Gasteiger partial charge in [-0.2, -0.15) is 0 Å². The number of quaternary nitrogens is 1. The highest BCUT2D eigenvalue weighted by atomic mass is 35.5. The molecule has 29 heavy (non-hydrogen) atoms. The van der Waals surface area contributed by atoms with Gasteiger partial charge < -0.3 is 20.0 Å². The predicted octanol–water partition coefficient (Wildman–Crippen LogP) is 1.06. The number of carbonyl (C=O) groups excluding carboxylic acids is 2. The molecular weight excluding hydrogens is 388 g/mol. The molecule has 2 amide bonds. The summed E-state index contributed by atoms with van der Waals surface area (Å²) in [6.45, 7) is 4.26. The van der Waals surface area contributed by atoms with Crippen molar-refractivity contribution in [2.75, 3.05) is 51.7 Å². The Labute approximate surface area is 177 Å². The van der Waals surface area contributed by atoms with Gasteiger partial charge in [-0.1, -0.05) is 29.8 Å². The topological polar surface area (TPSA) is 57.1 Å². The van der Waals surface area contributed by atoms with Crippen molar-refractivity contribution in [1.29, 1.82) is 0 Å². The molecule has 2 aromatic rings. The number of nitrogens with one attached hydrogen (secondary N) is 2. The van der Waals surface area contributed by atoms with Gasteiger partial charge in [0.05, 0.1) is 7.05 Å². The maximum Gasteiger partial charge on any atom is 0.277 e. The Bertz CT molecular complexity index is 848. The minimum atomic E-state index is -0.0932. The Morgan fingerprint density at radius 2 is 1.76 bits per heavy atom. The standard InChI is InChI=1S/C22H27ClN4O2/c1-24-22(29)18-8-6-17(7-9-18)15-25(2)16-21(28)27-12-10-26(11-13-27)20-5-3-4-19(23)14-20/h3-9,14H,10-13,15-16H2,1-2H3,(H,24,29)/p+1. The number of halogens is 1. The van der Waals surface area contributed by atoms with Crippen LogP contribution in [0.2, 0.25) is 5.02 Å². The molecule has 1 heterocycles. The molecule has 154 valence electrons. The van der Waals surface area contributed by atoms with E-state index in [1.54, 1.807) is 7.05 Å². The molecule has 3 rings (SSSR count). The number of anilines is 1. The third kappa shape index (κ3) is 5.71. The smallest absolute Gasteiger partial charge is 0.277 e. The summed E-state index contributed by atoms with van der Waals surface area (Å²) < 4.78 is 0. The zero-order valence-corrected chi connectivity index (χ0v) is 17.7. The van der Waals surface area contributed by atoms with Crippen LogP contribution in [0.1, 0.15) is 15.9 Å². The molecule has 0 radical (unpaired) electrons. The summed E-state index contributed by atoms with van der Waals surface area (Å²) in [4.78, 5) is 29.6. The molecule has 1 atom stereocenters. The normalized spacial score (nSPS) is 15.1. The number of nitrogens with zero attached hydrogens (tertiary/aromatic N) is 2. The molecule has 1 fully saturated rings. The van der Waals surface area contributed by atoms with E-state index in [1.165, 1.54) is 0 Å². The molecule has 7 heteroatoms. The monoisotopic (exact) mass is 415 g/mol. The predicted molar refractivity (Wildman–Crippen MR) is 116 cm³/mol. The van der Waals surface area contributed by atoms with Crippen molar-refractivity contribution in [3.63, 3.8) is 0 Å². The van der Waals surface area contributed by atoms with Crippen LogP contribution < -0.4 is 15.1 Å². The second-order valence-electron chi connectivity index (χ2n) is 7.43. The highest BCUT2D eigenvalue weighted by Crippen LogP contribution is 2.20. The Morgan fingerprint density at radius 3 is 2.38 bits per heavy atom. The van der Waals surface area contributed by atoms with Gasteiger partial charge in [-0.3, -0.25) is 9.59 Å². The lowest BCUT2D eigenvalue weighted by atomic mass is 10.1. The van der Waals surface area contributed by atoms with Gasteiger partial charge in [0, 0.05) is 55.1 Å². The number of piperazine rings is 1. The number of rotatable bonds is 6. The summed E-state index contributed by atoms with van der Waals surface area (Å²) in [5.41, 5.74) is 2.85. The minimum Gasteiger partial charge on any atom is -0.368 e. The first kappa shape index (κ1) is 21.1. The number of hydrogen-bond acceptors (Lipinski definition) is 3. The lowest BCUT2D eigenvalue weighted by molar-refractivity contribution is -0.885. The Balaban J connectivity index is 1.47. The van der Waals surface area contributed by atoms with Gasteiger partial charge >= 0.3 is 0 Å². The van der Waals surface area contributed by atoms with Crippen LogP contribution in [0, 0.1) is 0 Å². The van der Waals surface area contributed by atoms with Crippen LogP contribution in [0.5, 0.6) is 0 Å². The fourth-order valence-corrected chi connectivity index (χ4v) is 3.77. The van der Waals surface area contributed by atoms with Crippen molar-refractivity contribution in [2.24, 2.45) is 0 Å². The van der Waals surface area contributed by atoms with E-state index in [1.807, 2.05) is 54.4 Å². The molecule has 0 aliphatic carbocycles. The van der Waals surface area contributed by atoms with Crippen molar-refractivity contribution >= 4 is 29.1 Å². The summed E-state index contributed by atoms with van der Waals surface area (Å²) >= 11 is 6.08. The van der Waals surface area contributed by atoms with Gasteiger partial charge in [0.2, 0.25) is 0 Å². The van der Waals surface area contributed by atoms with E-state index < -0.39 is 0 Å². The molecule has 1 unspecified atom stereocenters. The number of hydrogen-bond donors (Lipinski definition) is 2. The van der Waals surface area contributed by atoms with E-state index in [2.05, 4.69) is 16.3 Å². The molecule has 0 spiro atoms. The zero-order chi connectivity index (χ0) is 20.8. The lowest BCUT2D eigenvalue weighted by Gasteiger charge is -2.36. The first-order chi connectivity index (χ1) is 14.0. The van der Waals surface area contributed by atoms with Gasteiger partial charge in [-0.15, -0.1) is 0 Å². The maximum absolute atomic E-state index is 12.7. The summed E-state index contributed by atoms with van der Waals surface area (Å²) in [5.74, 6) is 0.0829. The van der Waals surface area contributed by atoms with E-state index in [0.29, 0.717) is 12.1 Å². The molecule has 2 N–H and O–H groups in total. The summed E-state index contributed by atoms with van der Waals surface area (Å²) in [6, 6.07) is 15.4. The second-order valence-corrected chi connectivity index (χ2v) is 7.87. The molecule has 0 aromatic heterocycles. The van der Waals surface area contributed by atoms with Crippen LogP contribution in [-0.2, 0) is 11.3 Å². The van der Waals surface area contributed by atoms with Crippen LogP contribution in [0.25, 0.3) is 0 Å². The van der Waals surface area contributed by atoms with Crippen molar-refractivity contribution in [2.45, 2.75) is 6.54 Å². The van der Waals surface area contributed by atoms with Crippen molar-refractivity contribution in [1.82, 2.24) is 10.2 Å². The second kappa shape index (κ2) is 9.76. The maximum atomic E-state index is 12.7. The summed E-state index contributed by atoms with van der Waals surface area (Å²) in [7, 11) is 3.64. The largest absolute Gasteiger partial charge is 0.368 e. The molecule has 0 saturated carbocycles. The Morgan fingerprint density at radius 1 is 1.07 bits per heavy atom. The van der Waals surface area contributed by atoms with E-state index in [9.17, 15) is 9.59 Å². The number of amides is 2. The van der Waals surface area contributed by atoms with Gasteiger partial charge in [0.15, 0.2) is 6.54 Å². The summed E-state index contributed by atoms with van der Waals surface area (Å²) in [6.07, 6.45) is 0. The van der Waals surface area contributed by atoms with E-state index in [-0.39, 0.29) is 11.8 Å². The average Bonchev–Trinajstić information content (AvgIpc) is 2.73. The number of likely N-dealkylation sites (N-methyl/N-ethyl adjacent to an activating group) is 1. The van der Waals surface area contributed by atoms with Gasteiger partial charge in [0.25, 0.3) is 11.8 Å². The molecule has 1 saturated heterocycles. The van der Waals surface area contributed by atoms with Gasteiger partial charge in [-0.05, 0) is 30.3 Å². The fourth-order valence-electron chi connectivity index (χ4n) is 3.59. The molecule has 6 nitrogen and oxygen atoms in total. The SMILES string of the molecule is CNC(=O)c1ccc(C[NH+](C)CC(=O)N2CCN(c3cccc(Cl)c3)CC2)cc1. The lowest BCUT2D eigenvalue weighted by Crippen LogP contribution is -3.09. The fraction of sp³-hybridized carbons (Fsp3) is 0.364. The van der Waals surface area contributed by atoms with Gasteiger partial charge in [0.1, 0.15) is 6.54 Å². The van der Waals surface area contributed by atoms with Gasteiger partial charge in [-0.25, -0.2) is 0 Å². The van der Waals surface area contributed by atoms with Crippen LogP contribution in [0.4, 0.5) is 5.69 Å². The third-order valence-electron chi connectivity index (χ3n) is 5.21. The number of benzene rings is 2. The van der Waals surface area contributed by atoms with Crippen molar-refractivity contribution in [3.8, 4) is 0 Å². The molecule has 2 aromatic carbocycles. The Hall–Kier alpha value is -2.57. The number of carbonyl (C=O) groups is 2. The summed E-state index contributed by atoms with van der Waals surface area (Å²) in [5, 5.41) is 3.35. The quantitative estimate of drug-likeness (QED) is 0.741. The highest BCUT2D eigenvalue weighted by molar-refractivity contribution is 6.30. The highest BCUT2D eigenvalue weighted by Gasteiger charge is 2.23. The molecule has 1 aliphatic rings. The van der Waals surface area contributed by atoms with Crippen LogP contribution in [0.3, 0.4) is 0 Å². The van der Waals surface area contributed by atoms with E-state index in [0.717, 1.165) is 53.9 Å². The zero-order valence-electron chi connectivity index (χ0n) is 17.0. The molecular formula is C22H28ClN4O2+. The van der Waals surface area contributed by atoms with E-state index in [4.69, 9.17) is 11.6 Å². The van der Waals surface area contributed by atoms with Crippen LogP contribution in [-0.4, -0.2) is 63.5 Å². The first-order valence-corrected chi connectivity index (χ1v) is 10.2. The Kier molecular flexibility index (Phi) is 7.12.